The molecule has 1 saturated heterocycles. The molecule has 0 bridgehead atoms. The molecule has 5 nitrogen and oxygen atoms in total. The first-order valence-electron chi connectivity index (χ1n) is 7.50. The van der Waals surface area contributed by atoms with E-state index in [1.54, 1.807) is 12.1 Å². The number of nitrogens with two attached hydrogens (primary N) is 1. The first-order valence-corrected chi connectivity index (χ1v) is 7.50. The van der Waals surface area contributed by atoms with Crippen LogP contribution >= 0.6 is 0 Å². The maximum Gasteiger partial charge on any atom is 0.251 e. The number of hydrogen-bond acceptors (Lipinski definition) is 4. The number of anilines is 1. The van der Waals surface area contributed by atoms with E-state index in [0.717, 1.165) is 31.4 Å². The molecule has 1 fully saturated rings. The minimum atomic E-state index is -0.0843. The average molecular weight is 292 g/mol. The van der Waals surface area contributed by atoms with Crippen molar-refractivity contribution in [1.29, 1.82) is 0 Å². The van der Waals surface area contributed by atoms with Gasteiger partial charge < -0.3 is 20.5 Å². The van der Waals surface area contributed by atoms with Gasteiger partial charge in [0.1, 0.15) is 0 Å². The summed E-state index contributed by atoms with van der Waals surface area (Å²) >= 11 is 0. The molecule has 2 rings (SSSR count). The monoisotopic (exact) mass is 292 g/mol. The van der Waals surface area contributed by atoms with Crippen LogP contribution in [0.5, 0.6) is 0 Å². The summed E-state index contributed by atoms with van der Waals surface area (Å²) in [5.41, 5.74) is 7.87. The van der Waals surface area contributed by atoms with Gasteiger partial charge in [-0.1, -0.05) is 6.07 Å². The number of nitrogens with one attached hydrogen (secondary N) is 1. The molecule has 116 valence electrons. The van der Waals surface area contributed by atoms with Crippen molar-refractivity contribution in [3.05, 3.63) is 29.3 Å². The summed E-state index contributed by atoms with van der Waals surface area (Å²) in [6, 6.07) is 5.36. The second-order valence-electron chi connectivity index (χ2n) is 5.39. The zero-order valence-corrected chi connectivity index (χ0v) is 12.6. The molecule has 1 aromatic carbocycles. The van der Waals surface area contributed by atoms with Crippen LogP contribution in [0.3, 0.4) is 0 Å². The van der Waals surface area contributed by atoms with Crippen molar-refractivity contribution in [2.45, 2.75) is 32.3 Å². The first-order chi connectivity index (χ1) is 10.2. The lowest BCUT2D eigenvalue weighted by atomic mass is 10.1. The molecule has 3 N–H and O–H groups in total. The molecule has 0 saturated carbocycles. The van der Waals surface area contributed by atoms with E-state index < -0.39 is 0 Å². The predicted molar refractivity (Wildman–Crippen MR) is 82.3 cm³/mol. The number of carbonyl (C=O) groups is 1. The summed E-state index contributed by atoms with van der Waals surface area (Å²) in [4.78, 5) is 12.0. The van der Waals surface area contributed by atoms with Crippen molar-refractivity contribution in [2.24, 2.45) is 0 Å². The Kier molecular flexibility index (Phi) is 6.02. The molecule has 1 atom stereocenters. The number of rotatable bonds is 7. The highest BCUT2D eigenvalue weighted by molar-refractivity contribution is 5.96. The minimum absolute atomic E-state index is 0.0843. The minimum Gasteiger partial charge on any atom is -0.399 e. The number of benzene rings is 1. The van der Waals surface area contributed by atoms with Crippen LogP contribution in [0.15, 0.2) is 18.2 Å². The Morgan fingerprint density at radius 2 is 2.38 bits per heavy atom. The van der Waals surface area contributed by atoms with Crippen molar-refractivity contribution in [3.8, 4) is 0 Å². The van der Waals surface area contributed by atoms with Gasteiger partial charge in [-0.05, 0) is 43.9 Å². The molecule has 1 aromatic rings. The molecule has 0 radical (unpaired) electrons. The van der Waals surface area contributed by atoms with Crippen LogP contribution in [-0.2, 0) is 9.47 Å². The van der Waals surface area contributed by atoms with E-state index in [2.05, 4.69) is 5.32 Å². The van der Waals surface area contributed by atoms with Crippen molar-refractivity contribution < 1.29 is 14.3 Å². The standard InChI is InChI=1S/C16H24N2O3/c1-12-5-6-13(17)10-15(12)16(19)18-7-3-8-20-11-14-4-2-9-21-14/h5-6,10,14H,2-4,7-9,11,17H2,1H3,(H,18,19). The lowest BCUT2D eigenvalue weighted by Crippen LogP contribution is -2.26. The van der Waals surface area contributed by atoms with Crippen molar-refractivity contribution in [2.75, 3.05) is 32.1 Å². The smallest absolute Gasteiger partial charge is 0.251 e. The number of ether oxygens (including phenoxy) is 2. The van der Waals surface area contributed by atoms with Gasteiger partial charge >= 0.3 is 0 Å². The maximum absolute atomic E-state index is 12.0. The highest BCUT2D eigenvalue weighted by atomic mass is 16.5. The summed E-state index contributed by atoms with van der Waals surface area (Å²) in [5, 5.41) is 2.89. The fourth-order valence-electron chi connectivity index (χ4n) is 2.35. The van der Waals surface area contributed by atoms with Crippen LogP contribution in [0.4, 0.5) is 5.69 Å². The van der Waals surface area contributed by atoms with Crippen LogP contribution in [0, 0.1) is 6.92 Å². The Labute approximate surface area is 125 Å². The van der Waals surface area contributed by atoms with Crippen molar-refractivity contribution >= 4 is 11.6 Å². The summed E-state index contributed by atoms with van der Waals surface area (Å²) in [6.45, 7) is 4.64. The third-order valence-electron chi connectivity index (χ3n) is 3.58. The fraction of sp³-hybridized carbons (Fsp3) is 0.562. The van der Waals surface area contributed by atoms with Gasteiger partial charge in [-0.2, -0.15) is 0 Å². The van der Waals surface area contributed by atoms with E-state index in [1.807, 2.05) is 13.0 Å². The van der Waals surface area contributed by atoms with Crippen molar-refractivity contribution in [3.63, 3.8) is 0 Å². The molecule has 0 aromatic heterocycles. The van der Waals surface area contributed by atoms with Gasteiger partial charge in [0.15, 0.2) is 0 Å². The molecule has 0 aliphatic carbocycles. The molecule has 5 heteroatoms. The molecule has 21 heavy (non-hydrogen) atoms. The second kappa shape index (κ2) is 8.00. The largest absolute Gasteiger partial charge is 0.399 e. The summed E-state index contributed by atoms with van der Waals surface area (Å²) < 4.78 is 11.0. The van der Waals surface area contributed by atoms with Gasteiger partial charge in [-0.15, -0.1) is 0 Å². The number of nitrogen functional groups attached to an aromatic ring is 1. The lowest BCUT2D eigenvalue weighted by Gasteiger charge is -2.11. The zero-order valence-electron chi connectivity index (χ0n) is 12.6. The highest BCUT2D eigenvalue weighted by Crippen LogP contribution is 2.13. The van der Waals surface area contributed by atoms with E-state index in [0.29, 0.717) is 31.0 Å². The van der Waals surface area contributed by atoms with Gasteiger partial charge in [0.25, 0.3) is 5.91 Å². The molecule has 1 amide bonds. The van der Waals surface area contributed by atoms with E-state index in [9.17, 15) is 4.79 Å². The van der Waals surface area contributed by atoms with E-state index in [4.69, 9.17) is 15.2 Å². The SMILES string of the molecule is Cc1ccc(N)cc1C(=O)NCCCOCC1CCCO1. The molecule has 1 heterocycles. The van der Waals surface area contributed by atoms with Gasteiger partial charge in [-0.25, -0.2) is 0 Å². The van der Waals surface area contributed by atoms with Crippen LogP contribution in [-0.4, -0.2) is 38.4 Å². The van der Waals surface area contributed by atoms with E-state index >= 15 is 0 Å². The fourth-order valence-corrected chi connectivity index (χ4v) is 2.35. The number of aryl methyl sites for hydroxylation is 1. The maximum atomic E-state index is 12.0. The van der Waals surface area contributed by atoms with Gasteiger partial charge in [0, 0.05) is 31.0 Å². The lowest BCUT2D eigenvalue weighted by molar-refractivity contribution is 0.0166. The normalized spacial score (nSPS) is 17.9. The van der Waals surface area contributed by atoms with Gasteiger partial charge in [-0.3, -0.25) is 4.79 Å². The summed E-state index contributed by atoms with van der Waals surface area (Å²) in [5.74, 6) is -0.0843. The molecule has 1 aliphatic rings. The zero-order chi connectivity index (χ0) is 15.1. The number of carbonyl (C=O) groups excluding carboxylic acids is 1. The summed E-state index contributed by atoms with van der Waals surface area (Å²) in [7, 11) is 0. The molecular formula is C16H24N2O3. The third kappa shape index (κ3) is 5.02. The van der Waals surface area contributed by atoms with Crippen molar-refractivity contribution in [1.82, 2.24) is 5.32 Å². The average Bonchev–Trinajstić information content (AvgIpc) is 2.98. The van der Waals surface area contributed by atoms with Gasteiger partial charge in [0.05, 0.1) is 12.7 Å². The first kappa shape index (κ1) is 15.8. The highest BCUT2D eigenvalue weighted by Gasteiger charge is 2.15. The third-order valence-corrected chi connectivity index (χ3v) is 3.58. The molecular weight excluding hydrogens is 268 g/mol. The quantitative estimate of drug-likeness (QED) is 0.594. The Hall–Kier alpha value is -1.59. The molecule has 1 unspecified atom stereocenters. The van der Waals surface area contributed by atoms with Gasteiger partial charge in [0.2, 0.25) is 0 Å². The van der Waals surface area contributed by atoms with Crippen LogP contribution in [0.1, 0.15) is 35.2 Å². The van der Waals surface area contributed by atoms with Crippen LogP contribution < -0.4 is 11.1 Å². The second-order valence-corrected chi connectivity index (χ2v) is 5.39. The molecule has 0 spiro atoms. The Morgan fingerprint density at radius 1 is 1.52 bits per heavy atom. The number of amides is 1. The van der Waals surface area contributed by atoms with E-state index in [-0.39, 0.29) is 12.0 Å². The topological polar surface area (TPSA) is 73.6 Å². The number of hydrogen-bond donors (Lipinski definition) is 2. The molecule has 1 aliphatic heterocycles. The predicted octanol–water partition coefficient (Wildman–Crippen LogP) is 1.89. The Morgan fingerprint density at radius 3 is 3.14 bits per heavy atom. The summed E-state index contributed by atoms with van der Waals surface area (Å²) in [6.07, 6.45) is 3.27. The Balaban J connectivity index is 1.61. The van der Waals surface area contributed by atoms with Crippen LogP contribution in [0.2, 0.25) is 0 Å². The van der Waals surface area contributed by atoms with E-state index in [1.165, 1.54) is 0 Å². The van der Waals surface area contributed by atoms with Crippen LogP contribution in [0.25, 0.3) is 0 Å². The Bertz CT molecular complexity index is 471.